The van der Waals surface area contributed by atoms with E-state index in [4.69, 9.17) is 0 Å². The van der Waals surface area contributed by atoms with E-state index in [0.717, 1.165) is 23.1 Å². The first kappa shape index (κ1) is 21.8. The van der Waals surface area contributed by atoms with Crippen LogP contribution in [0.15, 0.2) is 17.7 Å². The summed E-state index contributed by atoms with van der Waals surface area (Å²) in [4.78, 5) is 12.3. The van der Waals surface area contributed by atoms with Crippen LogP contribution in [0.5, 0.6) is 5.75 Å². The first-order valence-electron chi connectivity index (χ1n) is 9.11. The van der Waals surface area contributed by atoms with Crippen LogP contribution in [-0.4, -0.2) is 17.1 Å². The molecule has 0 saturated heterocycles. The monoisotopic (exact) mass is 356 g/mol. The molecular formula is C22H32N2O2. The van der Waals surface area contributed by atoms with Crippen LogP contribution in [0, 0.1) is 11.3 Å². The Morgan fingerprint density at radius 1 is 1.19 bits per heavy atom. The molecule has 0 saturated carbocycles. The Morgan fingerprint density at radius 2 is 1.65 bits per heavy atom. The molecule has 142 valence electrons. The third kappa shape index (κ3) is 5.36. The van der Waals surface area contributed by atoms with Crippen molar-refractivity contribution in [2.45, 2.75) is 78.7 Å². The van der Waals surface area contributed by atoms with Crippen molar-refractivity contribution in [3.05, 3.63) is 34.4 Å². The van der Waals surface area contributed by atoms with Gasteiger partial charge in [0.15, 0.2) is 0 Å². The normalized spacial score (nSPS) is 13.9. The molecule has 1 rings (SSSR count). The third-order valence-corrected chi connectivity index (χ3v) is 4.41. The van der Waals surface area contributed by atoms with Crippen LogP contribution in [0.1, 0.15) is 78.5 Å². The summed E-state index contributed by atoms with van der Waals surface area (Å²) in [5.41, 5.74) is 1.88. The number of hydrogen-bond acceptors (Lipinski definition) is 3. The van der Waals surface area contributed by atoms with E-state index in [1.165, 1.54) is 0 Å². The number of nitriles is 1. The predicted molar refractivity (Wildman–Crippen MR) is 107 cm³/mol. The summed E-state index contributed by atoms with van der Waals surface area (Å²) in [6.45, 7) is 16.1. The average molecular weight is 357 g/mol. The summed E-state index contributed by atoms with van der Waals surface area (Å²) in [6.07, 6.45) is 2.40. The zero-order valence-electron chi connectivity index (χ0n) is 17.3. The molecule has 1 atom stereocenters. The highest BCUT2D eigenvalue weighted by Crippen LogP contribution is 2.40. The number of nitrogens with zero attached hydrogens (tertiary/aromatic N) is 1. The highest BCUT2D eigenvalue weighted by Gasteiger charge is 2.26. The van der Waals surface area contributed by atoms with Crippen LogP contribution in [0.2, 0.25) is 0 Å². The fourth-order valence-corrected chi connectivity index (χ4v) is 2.60. The smallest absolute Gasteiger partial charge is 0.262 e. The topological polar surface area (TPSA) is 73.1 Å². The molecule has 0 unspecified atom stereocenters. The lowest BCUT2D eigenvalue weighted by atomic mass is 9.78. The van der Waals surface area contributed by atoms with Gasteiger partial charge in [0.1, 0.15) is 17.4 Å². The molecule has 4 nitrogen and oxygen atoms in total. The lowest BCUT2D eigenvalue weighted by Crippen LogP contribution is -2.32. The van der Waals surface area contributed by atoms with Gasteiger partial charge in [0.05, 0.1) is 0 Å². The average Bonchev–Trinajstić information content (AvgIpc) is 2.51. The van der Waals surface area contributed by atoms with Gasteiger partial charge in [-0.15, -0.1) is 0 Å². The maximum Gasteiger partial charge on any atom is 0.262 e. The molecule has 0 spiro atoms. The molecule has 0 bridgehead atoms. The van der Waals surface area contributed by atoms with Gasteiger partial charge in [0, 0.05) is 17.2 Å². The quantitative estimate of drug-likeness (QED) is 0.600. The van der Waals surface area contributed by atoms with Crippen molar-refractivity contribution in [1.82, 2.24) is 5.32 Å². The largest absolute Gasteiger partial charge is 0.507 e. The van der Waals surface area contributed by atoms with E-state index in [2.05, 4.69) is 5.32 Å². The zero-order chi connectivity index (χ0) is 20.3. The second-order valence-electron chi connectivity index (χ2n) is 8.92. The first-order chi connectivity index (χ1) is 11.8. The Kier molecular flexibility index (Phi) is 6.65. The number of benzene rings is 1. The summed E-state index contributed by atoms with van der Waals surface area (Å²) in [5, 5.41) is 23.0. The van der Waals surface area contributed by atoms with Crippen molar-refractivity contribution in [1.29, 1.82) is 5.26 Å². The zero-order valence-corrected chi connectivity index (χ0v) is 17.3. The summed E-state index contributed by atoms with van der Waals surface area (Å²) in [7, 11) is 0. The van der Waals surface area contributed by atoms with Crippen molar-refractivity contribution >= 4 is 12.0 Å². The molecule has 26 heavy (non-hydrogen) atoms. The van der Waals surface area contributed by atoms with E-state index in [0.29, 0.717) is 0 Å². The molecule has 0 fully saturated rings. The van der Waals surface area contributed by atoms with Crippen molar-refractivity contribution in [2.75, 3.05) is 0 Å². The minimum atomic E-state index is -0.371. The maximum atomic E-state index is 12.3. The Morgan fingerprint density at radius 3 is 2.00 bits per heavy atom. The second kappa shape index (κ2) is 7.95. The van der Waals surface area contributed by atoms with Crippen molar-refractivity contribution < 1.29 is 9.90 Å². The standard InChI is InChI=1S/C22H32N2O2/c1-9-14(2)24-20(26)16(13-23)10-15-11-17(21(3,4)5)19(25)18(12-15)22(6,7)8/h10-12,14,25H,9H2,1-8H3,(H,24,26)/b16-10+/t14-/m0/s1. The molecule has 1 amide bonds. The number of phenolic OH excluding ortho intramolecular Hbond substituents is 1. The van der Waals surface area contributed by atoms with Crippen LogP contribution < -0.4 is 5.32 Å². The molecule has 1 aromatic rings. The minimum absolute atomic E-state index is 0.00865. The number of rotatable bonds is 4. The summed E-state index contributed by atoms with van der Waals surface area (Å²) < 4.78 is 0. The highest BCUT2D eigenvalue weighted by molar-refractivity contribution is 6.01. The molecule has 4 heteroatoms. The van der Waals surface area contributed by atoms with E-state index in [-0.39, 0.29) is 34.1 Å². The molecule has 2 N–H and O–H groups in total. The van der Waals surface area contributed by atoms with Crippen LogP contribution in [-0.2, 0) is 15.6 Å². The number of aromatic hydroxyl groups is 1. The van der Waals surface area contributed by atoms with Crippen molar-refractivity contribution in [3.63, 3.8) is 0 Å². The van der Waals surface area contributed by atoms with E-state index < -0.39 is 0 Å². The summed E-state index contributed by atoms with van der Waals surface area (Å²) in [6, 6.07) is 5.73. The SMILES string of the molecule is CC[C@H](C)NC(=O)/C(C#N)=C/c1cc(C(C)(C)C)c(O)c(C(C)(C)C)c1. The molecule has 0 aromatic heterocycles. The van der Waals surface area contributed by atoms with Gasteiger partial charge < -0.3 is 10.4 Å². The Labute approximate surface area is 157 Å². The fourth-order valence-electron chi connectivity index (χ4n) is 2.60. The van der Waals surface area contributed by atoms with E-state index in [1.54, 1.807) is 6.08 Å². The number of hydrogen-bond donors (Lipinski definition) is 2. The number of phenols is 1. The summed E-state index contributed by atoms with van der Waals surface area (Å²) >= 11 is 0. The predicted octanol–water partition coefficient (Wildman–Crippen LogP) is 4.81. The van der Waals surface area contributed by atoms with Crippen molar-refractivity contribution in [3.8, 4) is 11.8 Å². The van der Waals surface area contributed by atoms with Gasteiger partial charge >= 0.3 is 0 Å². The molecule has 0 heterocycles. The number of carbonyl (C=O) groups is 1. The Balaban J connectivity index is 3.52. The molecule has 0 aliphatic carbocycles. The lowest BCUT2D eigenvalue weighted by molar-refractivity contribution is -0.117. The van der Waals surface area contributed by atoms with Crippen LogP contribution in [0.3, 0.4) is 0 Å². The van der Waals surface area contributed by atoms with Crippen LogP contribution >= 0.6 is 0 Å². The third-order valence-electron chi connectivity index (χ3n) is 4.41. The minimum Gasteiger partial charge on any atom is -0.507 e. The van der Waals surface area contributed by atoms with Crippen LogP contribution in [0.4, 0.5) is 0 Å². The Hall–Kier alpha value is -2.28. The molecular weight excluding hydrogens is 324 g/mol. The highest BCUT2D eigenvalue weighted by atomic mass is 16.3. The van der Waals surface area contributed by atoms with Gasteiger partial charge in [-0.05, 0) is 47.9 Å². The molecule has 0 radical (unpaired) electrons. The van der Waals surface area contributed by atoms with Gasteiger partial charge in [-0.3, -0.25) is 4.79 Å². The van der Waals surface area contributed by atoms with E-state index in [9.17, 15) is 15.2 Å². The number of carbonyl (C=O) groups excluding carboxylic acids is 1. The molecule has 1 aromatic carbocycles. The van der Waals surface area contributed by atoms with Gasteiger partial charge in [0.25, 0.3) is 5.91 Å². The first-order valence-corrected chi connectivity index (χ1v) is 9.11. The van der Waals surface area contributed by atoms with Crippen molar-refractivity contribution in [2.24, 2.45) is 0 Å². The maximum absolute atomic E-state index is 12.3. The Bertz CT molecular complexity index is 706. The van der Waals surface area contributed by atoms with Gasteiger partial charge in [-0.25, -0.2) is 0 Å². The fraction of sp³-hybridized carbons (Fsp3) is 0.545. The van der Waals surface area contributed by atoms with E-state index >= 15 is 0 Å². The van der Waals surface area contributed by atoms with Gasteiger partial charge in [-0.1, -0.05) is 48.5 Å². The molecule has 0 aliphatic heterocycles. The summed E-state index contributed by atoms with van der Waals surface area (Å²) in [5.74, 6) is -0.0887. The van der Waals surface area contributed by atoms with Gasteiger partial charge in [0.2, 0.25) is 0 Å². The number of nitrogens with one attached hydrogen (secondary N) is 1. The van der Waals surface area contributed by atoms with Crippen LogP contribution in [0.25, 0.3) is 6.08 Å². The molecule has 0 aliphatic rings. The van der Waals surface area contributed by atoms with Gasteiger partial charge in [-0.2, -0.15) is 5.26 Å². The number of amides is 1. The second-order valence-corrected chi connectivity index (χ2v) is 8.92. The van der Waals surface area contributed by atoms with E-state index in [1.807, 2.05) is 73.6 Å². The lowest BCUT2D eigenvalue weighted by Gasteiger charge is -2.28.